The number of ether oxygens (including phenoxy) is 1. The predicted octanol–water partition coefficient (Wildman–Crippen LogP) is -0.137. The van der Waals surface area contributed by atoms with E-state index < -0.39 is 16.6 Å². The molecule has 0 bridgehead atoms. The minimum Gasteiger partial charge on any atom is -0.431 e. The summed E-state index contributed by atoms with van der Waals surface area (Å²) in [4.78, 5) is 34.9. The van der Waals surface area contributed by atoms with E-state index in [1.807, 2.05) is 0 Å². The molecule has 8 heteroatoms. The van der Waals surface area contributed by atoms with Crippen LogP contribution in [-0.2, 0) is 20.1 Å². The van der Waals surface area contributed by atoms with Crippen LogP contribution in [0.2, 0.25) is 0 Å². The lowest BCUT2D eigenvalue weighted by Crippen LogP contribution is -2.43. The fourth-order valence-electron chi connectivity index (χ4n) is 1.10. The molecule has 0 amide bonds. The predicted molar refractivity (Wildman–Crippen MR) is 54.6 cm³/mol. The number of rotatable bonds is 4. The number of hydrogen-bond acceptors (Lipinski definition) is 7. The van der Waals surface area contributed by atoms with E-state index in [4.69, 9.17) is 5.73 Å². The molecule has 1 unspecified atom stereocenters. The first-order valence-electron chi connectivity index (χ1n) is 4.45. The number of pyridine rings is 1. The van der Waals surface area contributed by atoms with Gasteiger partial charge in [0, 0.05) is 13.0 Å². The normalized spacial score (nSPS) is 13.5. The van der Waals surface area contributed by atoms with Gasteiger partial charge in [0.05, 0.1) is 4.92 Å². The van der Waals surface area contributed by atoms with E-state index >= 15 is 0 Å². The molecular weight excluding hydrogens is 230 g/mol. The Morgan fingerprint density at radius 3 is 2.65 bits per heavy atom. The highest BCUT2D eigenvalue weighted by molar-refractivity contribution is 5.73. The molecule has 1 aromatic heterocycles. The van der Waals surface area contributed by atoms with Crippen LogP contribution in [0.25, 0.3) is 0 Å². The number of aldehydes is 1. The maximum atomic E-state index is 10.8. The Morgan fingerprint density at radius 2 is 2.29 bits per heavy atom. The van der Waals surface area contributed by atoms with Crippen LogP contribution >= 0.6 is 0 Å². The average Bonchev–Trinajstić information content (AvgIpc) is 2.28. The second kappa shape index (κ2) is 4.66. The van der Waals surface area contributed by atoms with Gasteiger partial charge in [0.15, 0.2) is 6.29 Å². The molecule has 0 aliphatic rings. The van der Waals surface area contributed by atoms with Crippen LogP contribution in [-0.4, -0.2) is 22.2 Å². The van der Waals surface area contributed by atoms with Crippen molar-refractivity contribution in [3.63, 3.8) is 0 Å². The highest BCUT2D eigenvalue weighted by Crippen LogP contribution is 2.18. The zero-order valence-electron chi connectivity index (χ0n) is 8.82. The Morgan fingerprint density at radius 1 is 1.65 bits per heavy atom. The molecule has 1 heterocycles. The van der Waals surface area contributed by atoms with Gasteiger partial charge in [0.1, 0.15) is 11.9 Å². The maximum absolute atomic E-state index is 10.8. The molecule has 0 spiro atoms. The zero-order chi connectivity index (χ0) is 13.1. The van der Waals surface area contributed by atoms with Crippen molar-refractivity contribution in [1.82, 2.24) is 4.98 Å². The molecule has 17 heavy (non-hydrogen) atoms. The second-order valence-corrected chi connectivity index (χ2v) is 3.16. The largest absolute Gasteiger partial charge is 0.431 e. The van der Waals surface area contributed by atoms with Crippen LogP contribution in [0.5, 0.6) is 0 Å². The summed E-state index contributed by atoms with van der Waals surface area (Å²) in [7, 11) is 0. The van der Waals surface area contributed by atoms with E-state index in [1.165, 1.54) is 0 Å². The monoisotopic (exact) mass is 239 g/mol. The van der Waals surface area contributed by atoms with Crippen LogP contribution in [0.3, 0.4) is 0 Å². The van der Waals surface area contributed by atoms with Gasteiger partial charge in [-0.15, -0.1) is 0 Å². The molecule has 0 saturated heterocycles. The van der Waals surface area contributed by atoms with Gasteiger partial charge in [-0.1, -0.05) is 0 Å². The first-order valence-corrected chi connectivity index (χ1v) is 4.45. The highest BCUT2D eigenvalue weighted by Gasteiger charge is 2.32. The smallest absolute Gasteiger partial charge is 0.305 e. The quantitative estimate of drug-likeness (QED) is 0.255. The standard InChI is InChI=1S/C9H9N3O5/c1-6(14)17-9(10,5-13)8-3-2-7(4-11-8)12(15)16/h2-5H,10H2,1H3. The van der Waals surface area contributed by atoms with Crippen molar-refractivity contribution in [3.8, 4) is 0 Å². The van der Waals surface area contributed by atoms with Gasteiger partial charge >= 0.3 is 5.97 Å². The van der Waals surface area contributed by atoms with Gasteiger partial charge in [-0.2, -0.15) is 0 Å². The molecule has 1 rings (SSSR count). The summed E-state index contributed by atoms with van der Waals surface area (Å²) in [5, 5.41) is 10.4. The fraction of sp³-hybridized carbons (Fsp3) is 0.222. The first kappa shape index (κ1) is 12.7. The molecule has 0 aromatic carbocycles. The van der Waals surface area contributed by atoms with Gasteiger partial charge in [0.25, 0.3) is 11.4 Å². The molecule has 1 atom stereocenters. The number of carbonyl (C=O) groups excluding carboxylic acids is 2. The van der Waals surface area contributed by atoms with Crippen LogP contribution in [0.4, 0.5) is 5.69 Å². The topological polar surface area (TPSA) is 125 Å². The minimum atomic E-state index is -2.03. The van der Waals surface area contributed by atoms with Crippen molar-refractivity contribution in [2.75, 3.05) is 0 Å². The van der Waals surface area contributed by atoms with Gasteiger partial charge in [0.2, 0.25) is 0 Å². The summed E-state index contributed by atoms with van der Waals surface area (Å²) in [5.74, 6) is -0.764. The molecular formula is C9H9N3O5. The number of nitro groups is 1. The molecule has 0 aliphatic heterocycles. The summed E-state index contributed by atoms with van der Waals surface area (Å²) in [6.07, 6.45) is 1.12. The van der Waals surface area contributed by atoms with Gasteiger partial charge < -0.3 is 4.74 Å². The molecule has 0 radical (unpaired) electrons. The van der Waals surface area contributed by atoms with Gasteiger partial charge in [-0.05, 0) is 6.07 Å². The van der Waals surface area contributed by atoms with Crippen molar-refractivity contribution in [2.45, 2.75) is 12.6 Å². The first-order chi connectivity index (χ1) is 7.89. The Bertz CT molecular complexity index is 458. The minimum absolute atomic E-state index is 0.0895. The number of aromatic nitrogens is 1. The Hall–Kier alpha value is -2.35. The summed E-state index contributed by atoms with van der Waals surface area (Å²) < 4.78 is 4.61. The van der Waals surface area contributed by atoms with Crippen molar-refractivity contribution >= 4 is 17.9 Å². The molecule has 8 nitrogen and oxygen atoms in total. The third-order valence-corrected chi connectivity index (χ3v) is 1.85. The molecule has 0 saturated carbocycles. The zero-order valence-corrected chi connectivity index (χ0v) is 8.82. The maximum Gasteiger partial charge on any atom is 0.305 e. The number of carbonyl (C=O) groups is 2. The van der Waals surface area contributed by atoms with Gasteiger partial charge in [-0.25, -0.2) is 4.98 Å². The van der Waals surface area contributed by atoms with Crippen LogP contribution in [0.15, 0.2) is 18.3 Å². The van der Waals surface area contributed by atoms with Crippen molar-refractivity contribution in [1.29, 1.82) is 0 Å². The third kappa shape index (κ3) is 2.82. The molecule has 0 aliphatic carbocycles. The molecule has 0 fully saturated rings. The van der Waals surface area contributed by atoms with E-state index in [1.54, 1.807) is 0 Å². The summed E-state index contributed by atoms with van der Waals surface area (Å²) in [6, 6.07) is 2.26. The van der Waals surface area contributed by atoms with Crippen molar-refractivity contribution in [2.24, 2.45) is 5.73 Å². The van der Waals surface area contributed by atoms with Crippen LogP contribution < -0.4 is 5.73 Å². The van der Waals surface area contributed by atoms with E-state index in [9.17, 15) is 19.7 Å². The van der Waals surface area contributed by atoms with E-state index in [0.717, 1.165) is 25.3 Å². The lowest BCUT2D eigenvalue weighted by atomic mass is 10.1. The van der Waals surface area contributed by atoms with Crippen LogP contribution in [0.1, 0.15) is 12.6 Å². The Balaban J connectivity index is 3.08. The van der Waals surface area contributed by atoms with Gasteiger partial charge in [-0.3, -0.25) is 25.4 Å². The lowest BCUT2D eigenvalue weighted by Gasteiger charge is -2.21. The SMILES string of the molecule is CC(=O)OC(N)(C=O)c1ccc([N+](=O)[O-])cn1. The Kier molecular flexibility index (Phi) is 3.49. The summed E-state index contributed by atoms with van der Waals surface area (Å²) in [6.45, 7) is 1.08. The summed E-state index contributed by atoms with van der Waals surface area (Å²) >= 11 is 0. The van der Waals surface area contributed by atoms with E-state index in [0.29, 0.717) is 0 Å². The molecule has 1 aromatic rings. The number of hydrogen-bond donors (Lipinski definition) is 1. The molecule has 90 valence electrons. The number of esters is 1. The lowest BCUT2D eigenvalue weighted by molar-refractivity contribution is -0.385. The van der Waals surface area contributed by atoms with Crippen molar-refractivity contribution in [3.05, 3.63) is 34.1 Å². The van der Waals surface area contributed by atoms with Crippen molar-refractivity contribution < 1.29 is 19.2 Å². The highest BCUT2D eigenvalue weighted by atomic mass is 16.6. The average molecular weight is 239 g/mol. The summed E-state index contributed by atoms with van der Waals surface area (Å²) in [5.41, 5.74) is 3.13. The van der Waals surface area contributed by atoms with E-state index in [-0.39, 0.29) is 17.7 Å². The third-order valence-electron chi connectivity index (χ3n) is 1.85. The van der Waals surface area contributed by atoms with E-state index in [2.05, 4.69) is 9.72 Å². The molecule has 2 N–H and O–H groups in total. The fourth-order valence-corrected chi connectivity index (χ4v) is 1.10. The second-order valence-electron chi connectivity index (χ2n) is 3.16. The Labute approximate surface area is 95.5 Å². The number of nitrogens with zero attached hydrogens (tertiary/aromatic N) is 2. The van der Waals surface area contributed by atoms with Crippen LogP contribution in [0, 0.1) is 10.1 Å². The number of nitrogens with two attached hydrogens (primary N) is 1.